The van der Waals surface area contributed by atoms with E-state index in [-0.39, 0.29) is 12.5 Å². The summed E-state index contributed by atoms with van der Waals surface area (Å²) in [5.74, 6) is 2.58. The van der Waals surface area contributed by atoms with Crippen LogP contribution in [0.4, 0.5) is 0 Å². The van der Waals surface area contributed by atoms with Crippen molar-refractivity contribution in [3.63, 3.8) is 0 Å². The first-order valence-corrected chi connectivity index (χ1v) is 8.38. The molecule has 2 N–H and O–H groups in total. The van der Waals surface area contributed by atoms with Crippen LogP contribution in [0.15, 0.2) is 4.99 Å². The fourth-order valence-corrected chi connectivity index (χ4v) is 2.98. The Morgan fingerprint density at radius 2 is 2.15 bits per heavy atom. The number of likely N-dealkylation sites (N-methyl/N-ethyl adjacent to an activating group) is 1. The molecular weight excluding hydrogens is 272 g/mol. The van der Waals surface area contributed by atoms with E-state index in [0.29, 0.717) is 11.2 Å². The summed E-state index contributed by atoms with van der Waals surface area (Å²) in [5, 5.41) is 7.33. The lowest BCUT2D eigenvalue weighted by Crippen LogP contribution is -2.42. The summed E-state index contributed by atoms with van der Waals surface area (Å²) in [4.78, 5) is 17.5. The maximum atomic E-state index is 11.6. The third-order valence-corrected chi connectivity index (χ3v) is 4.47. The van der Waals surface area contributed by atoms with E-state index in [1.165, 1.54) is 18.6 Å². The molecule has 1 fully saturated rings. The van der Waals surface area contributed by atoms with Crippen molar-refractivity contribution in [2.75, 3.05) is 39.5 Å². The van der Waals surface area contributed by atoms with Gasteiger partial charge in [-0.15, -0.1) is 0 Å². The van der Waals surface area contributed by atoms with Crippen molar-refractivity contribution < 1.29 is 4.79 Å². The third-order valence-electron chi connectivity index (χ3n) is 3.07. The van der Waals surface area contributed by atoms with Crippen LogP contribution in [0, 0.1) is 5.92 Å². The number of aliphatic imine (C=N–C) groups is 1. The molecule has 5 nitrogen and oxygen atoms in total. The number of amides is 1. The molecule has 1 rings (SSSR count). The topological polar surface area (TPSA) is 56.7 Å². The molecule has 0 aliphatic carbocycles. The lowest BCUT2D eigenvalue weighted by molar-refractivity contribution is -0.127. The van der Waals surface area contributed by atoms with Crippen LogP contribution in [0.2, 0.25) is 0 Å². The van der Waals surface area contributed by atoms with E-state index in [0.717, 1.165) is 19.0 Å². The van der Waals surface area contributed by atoms with Gasteiger partial charge in [-0.2, -0.15) is 11.8 Å². The zero-order chi connectivity index (χ0) is 15.0. The van der Waals surface area contributed by atoms with Crippen LogP contribution in [-0.2, 0) is 4.79 Å². The fraction of sp³-hybridized carbons (Fsp3) is 0.857. The molecule has 1 atom stereocenters. The van der Waals surface area contributed by atoms with Crippen molar-refractivity contribution in [3.8, 4) is 0 Å². The predicted molar refractivity (Wildman–Crippen MR) is 87.3 cm³/mol. The van der Waals surface area contributed by atoms with Crippen LogP contribution in [0.25, 0.3) is 0 Å². The van der Waals surface area contributed by atoms with E-state index in [9.17, 15) is 4.79 Å². The molecule has 0 aromatic rings. The second kappa shape index (κ2) is 9.10. The van der Waals surface area contributed by atoms with E-state index in [2.05, 4.69) is 29.5 Å². The molecule has 116 valence electrons. The first-order valence-electron chi connectivity index (χ1n) is 7.33. The number of hydrogen-bond donors (Lipinski definition) is 2. The smallest absolute Gasteiger partial charge is 0.243 e. The molecule has 1 aliphatic heterocycles. The van der Waals surface area contributed by atoms with E-state index < -0.39 is 0 Å². The Morgan fingerprint density at radius 1 is 1.40 bits per heavy atom. The van der Waals surface area contributed by atoms with Gasteiger partial charge >= 0.3 is 0 Å². The summed E-state index contributed by atoms with van der Waals surface area (Å²) in [5.41, 5.74) is 0. The third kappa shape index (κ3) is 7.03. The summed E-state index contributed by atoms with van der Waals surface area (Å²) in [6.07, 6.45) is 2.58. The molecule has 1 saturated heterocycles. The van der Waals surface area contributed by atoms with Gasteiger partial charge in [0, 0.05) is 32.4 Å². The van der Waals surface area contributed by atoms with Crippen LogP contribution >= 0.6 is 11.8 Å². The zero-order valence-corrected chi connectivity index (χ0v) is 13.9. The van der Waals surface area contributed by atoms with Crippen molar-refractivity contribution in [2.45, 2.75) is 31.9 Å². The Hall–Kier alpha value is -0.910. The molecule has 1 unspecified atom stereocenters. The van der Waals surface area contributed by atoms with Crippen molar-refractivity contribution in [2.24, 2.45) is 10.9 Å². The van der Waals surface area contributed by atoms with Crippen LogP contribution < -0.4 is 10.6 Å². The highest BCUT2D eigenvalue weighted by atomic mass is 32.2. The van der Waals surface area contributed by atoms with Gasteiger partial charge in [0.1, 0.15) is 6.54 Å². The number of carbonyl (C=O) groups is 1. The average Bonchev–Trinajstić information content (AvgIpc) is 2.90. The lowest BCUT2D eigenvalue weighted by atomic mass is 10.2. The fourth-order valence-electron chi connectivity index (χ4n) is 1.78. The monoisotopic (exact) mass is 300 g/mol. The van der Waals surface area contributed by atoms with Crippen LogP contribution in [-0.4, -0.2) is 61.5 Å². The van der Waals surface area contributed by atoms with Crippen LogP contribution in [0.1, 0.15) is 26.7 Å². The largest absolute Gasteiger partial charge is 0.356 e. The Morgan fingerprint density at radius 3 is 2.70 bits per heavy atom. The number of nitrogens with zero attached hydrogens (tertiary/aromatic N) is 2. The highest BCUT2D eigenvalue weighted by Crippen LogP contribution is 2.25. The standard InChI is InChI=1S/C14H28N4OS/c1-11(2)8-15-14(17-10-13(19)18(3)4)16-9-12-6-5-7-20-12/h11-12H,5-10H2,1-4H3,(H2,15,16,17). The Labute approximate surface area is 127 Å². The van der Waals surface area contributed by atoms with E-state index in [4.69, 9.17) is 0 Å². The summed E-state index contributed by atoms with van der Waals surface area (Å²) in [6.45, 7) is 6.29. The summed E-state index contributed by atoms with van der Waals surface area (Å²) in [7, 11) is 3.50. The highest BCUT2D eigenvalue weighted by molar-refractivity contribution is 8.00. The highest BCUT2D eigenvalue weighted by Gasteiger charge is 2.15. The van der Waals surface area contributed by atoms with Gasteiger partial charge in [0.25, 0.3) is 0 Å². The molecule has 0 aromatic carbocycles. The Balaban J connectivity index is 2.44. The Kier molecular flexibility index (Phi) is 7.80. The SMILES string of the molecule is CC(C)CNC(=NCC(=O)N(C)C)NCC1CCCS1. The van der Waals surface area contributed by atoms with Gasteiger partial charge in [-0.3, -0.25) is 4.79 Å². The molecule has 0 spiro atoms. The number of hydrogen-bond acceptors (Lipinski definition) is 3. The zero-order valence-electron chi connectivity index (χ0n) is 13.1. The maximum Gasteiger partial charge on any atom is 0.243 e. The number of guanidine groups is 1. The van der Waals surface area contributed by atoms with Gasteiger partial charge < -0.3 is 15.5 Å². The molecule has 20 heavy (non-hydrogen) atoms. The van der Waals surface area contributed by atoms with E-state index in [1.54, 1.807) is 19.0 Å². The second-order valence-corrected chi connectivity index (χ2v) is 7.15. The molecule has 1 aliphatic rings. The number of thioether (sulfide) groups is 1. The minimum absolute atomic E-state index is 0.0193. The van der Waals surface area contributed by atoms with Crippen molar-refractivity contribution >= 4 is 23.6 Å². The van der Waals surface area contributed by atoms with Crippen LogP contribution in [0.5, 0.6) is 0 Å². The quantitative estimate of drug-likeness (QED) is 0.571. The molecule has 0 radical (unpaired) electrons. The molecular formula is C14H28N4OS. The summed E-state index contributed by atoms with van der Waals surface area (Å²) >= 11 is 2.02. The van der Waals surface area contributed by atoms with E-state index in [1.807, 2.05) is 11.8 Å². The number of nitrogens with one attached hydrogen (secondary N) is 2. The van der Waals surface area contributed by atoms with Gasteiger partial charge in [0.05, 0.1) is 0 Å². The molecule has 1 amide bonds. The molecule has 0 saturated carbocycles. The van der Waals surface area contributed by atoms with Crippen molar-refractivity contribution in [1.82, 2.24) is 15.5 Å². The second-order valence-electron chi connectivity index (χ2n) is 5.74. The first-order chi connectivity index (χ1) is 9.49. The van der Waals surface area contributed by atoms with Crippen LogP contribution in [0.3, 0.4) is 0 Å². The van der Waals surface area contributed by atoms with Gasteiger partial charge in [-0.05, 0) is 24.5 Å². The molecule has 0 aromatic heterocycles. The number of carbonyl (C=O) groups excluding carboxylic acids is 1. The normalized spacial score (nSPS) is 19.2. The van der Waals surface area contributed by atoms with E-state index >= 15 is 0 Å². The Bertz CT molecular complexity index is 325. The maximum absolute atomic E-state index is 11.6. The first kappa shape index (κ1) is 17.1. The predicted octanol–water partition coefficient (Wildman–Crippen LogP) is 1.16. The molecule has 0 bridgehead atoms. The average molecular weight is 300 g/mol. The summed E-state index contributed by atoms with van der Waals surface area (Å²) in [6, 6.07) is 0. The van der Waals surface area contributed by atoms with Gasteiger partial charge in [-0.1, -0.05) is 13.8 Å². The lowest BCUT2D eigenvalue weighted by Gasteiger charge is -2.17. The molecule has 6 heteroatoms. The van der Waals surface area contributed by atoms with Crippen molar-refractivity contribution in [3.05, 3.63) is 0 Å². The van der Waals surface area contributed by atoms with Gasteiger partial charge in [0.2, 0.25) is 5.91 Å². The van der Waals surface area contributed by atoms with Gasteiger partial charge in [0.15, 0.2) is 5.96 Å². The minimum Gasteiger partial charge on any atom is -0.356 e. The summed E-state index contributed by atoms with van der Waals surface area (Å²) < 4.78 is 0. The molecule has 1 heterocycles. The van der Waals surface area contributed by atoms with Gasteiger partial charge in [-0.25, -0.2) is 4.99 Å². The van der Waals surface area contributed by atoms with Crippen molar-refractivity contribution in [1.29, 1.82) is 0 Å². The number of rotatable bonds is 6. The minimum atomic E-state index is 0.0193.